The summed E-state index contributed by atoms with van der Waals surface area (Å²) < 4.78 is 0. The maximum atomic E-state index is 13.0. The van der Waals surface area contributed by atoms with Crippen LogP contribution < -0.4 is 38.1 Å². The van der Waals surface area contributed by atoms with Crippen molar-refractivity contribution in [3.8, 4) is 0 Å². The van der Waals surface area contributed by atoms with E-state index < -0.39 is 110 Å². The number of carbonyl (C=O) groups excluding carboxylic acids is 6. The summed E-state index contributed by atoms with van der Waals surface area (Å²) in [6.45, 7) is 1.84. The van der Waals surface area contributed by atoms with Gasteiger partial charge in [-0.25, -0.2) is 4.79 Å². The summed E-state index contributed by atoms with van der Waals surface area (Å²) in [6, 6.07) is -8.69. The summed E-state index contributed by atoms with van der Waals surface area (Å²) in [5.41, 5.74) is 10.6. The first-order chi connectivity index (χ1) is 19.1. The van der Waals surface area contributed by atoms with E-state index in [0.717, 1.165) is 0 Å². The zero-order valence-electron chi connectivity index (χ0n) is 23.1. The van der Waals surface area contributed by atoms with E-state index in [1.54, 1.807) is 13.8 Å². The summed E-state index contributed by atoms with van der Waals surface area (Å²) in [6.07, 6.45) is -0.407. The minimum Gasteiger partial charge on any atom is -0.480 e. The second kappa shape index (κ2) is 18.5. The predicted molar refractivity (Wildman–Crippen MR) is 140 cm³/mol. The van der Waals surface area contributed by atoms with Gasteiger partial charge in [0.05, 0.1) is 25.9 Å². The summed E-state index contributed by atoms with van der Waals surface area (Å²) in [5.74, 6) is -7.74. The van der Waals surface area contributed by atoms with Gasteiger partial charge in [0.25, 0.3) is 0 Å². The van der Waals surface area contributed by atoms with Crippen LogP contribution in [0.1, 0.15) is 40.0 Å². The number of nitrogens with one attached hydrogen (secondary N) is 5. The Bertz CT molecular complexity index is 947. The second-order valence-corrected chi connectivity index (χ2v) is 9.30. The van der Waals surface area contributed by atoms with Crippen molar-refractivity contribution in [2.75, 3.05) is 19.8 Å². The number of carboxylic acids is 1. The Labute approximate surface area is 236 Å². The van der Waals surface area contributed by atoms with E-state index in [2.05, 4.69) is 26.6 Å². The van der Waals surface area contributed by atoms with Gasteiger partial charge in [-0.1, -0.05) is 20.3 Å². The van der Waals surface area contributed by atoms with Crippen LogP contribution in [0.5, 0.6) is 0 Å². The summed E-state index contributed by atoms with van der Waals surface area (Å²) in [7, 11) is 0. The van der Waals surface area contributed by atoms with Crippen molar-refractivity contribution in [1.29, 1.82) is 0 Å². The Morgan fingerprint density at radius 1 is 0.659 bits per heavy atom. The molecule has 6 amide bonds. The fourth-order valence-corrected chi connectivity index (χ4v) is 3.19. The Kier molecular flexibility index (Phi) is 16.7. The van der Waals surface area contributed by atoms with E-state index in [1.165, 1.54) is 6.92 Å². The van der Waals surface area contributed by atoms with Gasteiger partial charge in [0.2, 0.25) is 35.4 Å². The largest absolute Gasteiger partial charge is 0.480 e. The van der Waals surface area contributed by atoms with Crippen molar-refractivity contribution in [3.05, 3.63) is 0 Å². The molecule has 7 atom stereocenters. The maximum Gasteiger partial charge on any atom is 0.328 e. The molecule has 0 aromatic rings. The van der Waals surface area contributed by atoms with Gasteiger partial charge in [0, 0.05) is 6.42 Å². The number of rotatable bonds is 19. The monoisotopic (exact) mass is 591 g/mol. The molecule has 18 nitrogen and oxygen atoms in total. The van der Waals surface area contributed by atoms with Crippen molar-refractivity contribution in [2.24, 2.45) is 17.4 Å². The number of hydrogen-bond donors (Lipinski definition) is 11. The van der Waals surface area contributed by atoms with Crippen LogP contribution in [0.2, 0.25) is 0 Å². The SMILES string of the molecule is CC[C@H](C)[C@H](NC(=O)[C@H](CO)NC(=O)[C@H](CCC(N)=O)NC(=O)[C@H](CO)NC(=O)[C@H](C)N)C(=O)N[C@@H](CO)C(=O)O. The van der Waals surface area contributed by atoms with Gasteiger partial charge in [-0.2, -0.15) is 0 Å². The summed E-state index contributed by atoms with van der Waals surface area (Å²) in [4.78, 5) is 85.4. The van der Waals surface area contributed by atoms with Crippen LogP contribution in [0.3, 0.4) is 0 Å². The van der Waals surface area contributed by atoms with Crippen molar-refractivity contribution < 1.29 is 54.0 Å². The third-order valence-electron chi connectivity index (χ3n) is 5.95. The van der Waals surface area contributed by atoms with Crippen molar-refractivity contribution >= 4 is 41.4 Å². The fourth-order valence-electron chi connectivity index (χ4n) is 3.19. The molecule has 13 N–H and O–H groups in total. The Balaban J connectivity index is 5.75. The molecule has 0 aromatic carbocycles. The molecule has 0 heterocycles. The van der Waals surface area contributed by atoms with E-state index in [0.29, 0.717) is 6.42 Å². The van der Waals surface area contributed by atoms with Crippen molar-refractivity contribution in [2.45, 2.75) is 76.3 Å². The van der Waals surface area contributed by atoms with E-state index in [4.69, 9.17) is 16.6 Å². The number of nitrogens with two attached hydrogens (primary N) is 2. The molecule has 0 spiro atoms. The topological polar surface area (TPSA) is 313 Å². The van der Waals surface area contributed by atoms with Gasteiger partial charge in [-0.15, -0.1) is 0 Å². The summed E-state index contributed by atoms with van der Waals surface area (Å²) in [5, 5.41) is 48.5. The average Bonchev–Trinajstić information content (AvgIpc) is 2.92. The van der Waals surface area contributed by atoms with Crippen LogP contribution in [0.4, 0.5) is 0 Å². The van der Waals surface area contributed by atoms with E-state index in [-0.39, 0.29) is 6.42 Å². The van der Waals surface area contributed by atoms with Gasteiger partial charge in [0.15, 0.2) is 0 Å². The molecule has 234 valence electrons. The number of amides is 6. The lowest BCUT2D eigenvalue weighted by Gasteiger charge is -2.28. The number of aliphatic hydroxyl groups is 3. The highest BCUT2D eigenvalue weighted by Crippen LogP contribution is 2.09. The molecule has 0 aromatic heterocycles. The normalized spacial score (nSPS) is 16.0. The third-order valence-corrected chi connectivity index (χ3v) is 5.95. The highest BCUT2D eigenvalue weighted by Gasteiger charge is 2.34. The molecule has 0 saturated heterocycles. The van der Waals surface area contributed by atoms with Crippen molar-refractivity contribution in [1.82, 2.24) is 26.6 Å². The van der Waals surface area contributed by atoms with Crippen LogP contribution in [0.15, 0.2) is 0 Å². The Morgan fingerprint density at radius 2 is 1.07 bits per heavy atom. The lowest BCUT2D eigenvalue weighted by atomic mass is 9.97. The van der Waals surface area contributed by atoms with Gasteiger partial charge < -0.3 is 58.5 Å². The van der Waals surface area contributed by atoms with E-state index in [9.17, 15) is 48.9 Å². The molecule has 18 heteroatoms. The first-order valence-electron chi connectivity index (χ1n) is 12.7. The van der Waals surface area contributed by atoms with Gasteiger partial charge in [-0.05, 0) is 19.3 Å². The third kappa shape index (κ3) is 12.9. The van der Waals surface area contributed by atoms with Gasteiger partial charge in [-0.3, -0.25) is 28.8 Å². The zero-order chi connectivity index (χ0) is 31.9. The molecule has 0 aliphatic rings. The van der Waals surface area contributed by atoms with E-state index in [1.807, 2.05) is 0 Å². The van der Waals surface area contributed by atoms with Gasteiger partial charge in [0.1, 0.15) is 30.2 Å². The molecule has 0 fully saturated rings. The summed E-state index contributed by atoms with van der Waals surface area (Å²) >= 11 is 0. The number of aliphatic carboxylic acids is 1. The average molecular weight is 592 g/mol. The first-order valence-corrected chi connectivity index (χ1v) is 12.7. The number of aliphatic hydroxyl groups excluding tert-OH is 3. The molecular formula is C23H41N7O11. The maximum absolute atomic E-state index is 13.0. The second-order valence-electron chi connectivity index (χ2n) is 9.30. The molecule has 0 saturated carbocycles. The van der Waals surface area contributed by atoms with Crippen LogP contribution >= 0.6 is 0 Å². The van der Waals surface area contributed by atoms with Crippen LogP contribution in [-0.2, 0) is 33.6 Å². The number of hydrogen-bond acceptors (Lipinski definition) is 11. The molecule has 0 radical (unpaired) electrons. The predicted octanol–water partition coefficient (Wildman–Crippen LogP) is -5.87. The lowest BCUT2D eigenvalue weighted by Crippen LogP contribution is -2.61. The Hall–Kier alpha value is -3.87. The quantitative estimate of drug-likeness (QED) is 0.0669. The Morgan fingerprint density at radius 3 is 1.49 bits per heavy atom. The highest BCUT2D eigenvalue weighted by atomic mass is 16.4. The molecule has 0 bridgehead atoms. The van der Waals surface area contributed by atoms with Crippen LogP contribution in [0.25, 0.3) is 0 Å². The van der Waals surface area contributed by atoms with E-state index >= 15 is 0 Å². The minimum absolute atomic E-state index is 0.345. The number of carbonyl (C=O) groups is 7. The molecule has 0 aliphatic carbocycles. The smallest absolute Gasteiger partial charge is 0.328 e. The first kappa shape index (κ1) is 37.1. The number of carboxylic acid groups (broad SMARTS) is 1. The fraction of sp³-hybridized carbons (Fsp3) is 0.696. The minimum atomic E-state index is -1.67. The molecule has 41 heavy (non-hydrogen) atoms. The van der Waals surface area contributed by atoms with Crippen molar-refractivity contribution in [3.63, 3.8) is 0 Å². The van der Waals surface area contributed by atoms with Crippen LogP contribution in [0, 0.1) is 5.92 Å². The van der Waals surface area contributed by atoms with Gasteiger partial charge >= 0.3 is 5.97 Å². The number of primary amides is 1. The molecule has 0 unspecified atom stereocenters. The molecule has 0 rings (SSSR count). The lowest BCUT2D eigenvalue weighted by molar-refractivity contribution is -0.143. The van der Waals surface area contributed by atoms with Crippen LogP contribution in [-0.4, -0.2) is 118 Å². The standard InChI is InChI=1S/C23H41N7O11/c1-4-10(2)17(22(39)29-15(9-33)23(40)41)30-21(38)14(8-32)28-19(36)12(5-6-16(25)34)26-20(37)13(7-31)27-18(35)11(3)24/h10-15,17,31-33H,4-9,24H2,1-3H3,(H2,25,34)(H,26,37)(H,27,35)(H,28,36)(H,29,39)(H,30,38)(H,40,41)/t10-,11-,12-,13-,14-,15-,17-/m0/s1. The zero-order valence-corrected chi connectivity index (χ0v) is 23.1. The highest BCUT2D eigenvalue weighted by molar-refractivity contribution is 5.96. The molecular weight excluding hydrogens is 550 g/mol. The molecule has 0 aliphatic heterocycles.